The van der Waals surface area contributed by atoms with Crippen molar-refractivity contribution in [3.8, 4) is 0 Å². The zero-order chi connectivity index (χ0) is 16.4. The number of alkyl halides is 1. The van der Waals surface area contributed by atoms with Crippen molar-refractivity contribution in [2.24, 2.45) is 0 Å². The smallest absolute Gasteiger partial charge is 0.226 e. The predicted molar refractivity (Wildman–Crippen MR) is 99.7 cm³/mol. The van der Waals surface area contributed by atoms with Gasteiger partial charge in [-0.05, 0) is 44.7 Å². The molecule has 0 bridgehead atoms. The number of imidazole rings is 1. The maximum absolute atomic E-state index is 6.08. The maximum atomic E-state index is 6.08. The van der Waals surface area contributed by atoms with Crippen LogP contribution in [0.4, 0.5) is 5.82 Å². The largest absolute Gasteiger partial charge is 0.368 e. The number of fused-ring (bicyclic) bond motifs is 1. The summed E-state index contributed by atoms with van der Waals surface area (Å²) >= 11 is 11.8. The van der Waals surface area contributed by atoms with Crippen molar-refractivity contribution in [1.82, 2.24) is 19.9 Å². The first-order valence-corrected chi connectivity index (χ1v) is 8.81. The molecule has 3 heterocycles. The number of ether oxygens (including phenoxy) is 1. The second kappa shape index (κ2) is 8.04. The van der Waals surface area contributed by atoms with Crippen molar-refractivity contribution in [3.63, 3.8) is 0 Å². The van der Waals surface area contributed by atoms with Crippen molar-refractivity contribution >= 4 is 52.6 Å². The van der Waals surface area contributed by atoms with Gasteiger partial charge in [-0.15, -0.1) is 24.0 Å². The Balaban J connectivity index is 0.00000208. The molecule has 0 aliphatic carbocycles. The lowest BCUT2D eigenvalue weighted by molar-refractivity contribution is -0.0267. The number of anilines is 1. The lowest BCUT2D eigenvalue weighted by Crippen LogP contribution is -2.24. The van der Waals surface area contributed by atoms with Gasteiger partial charge in [0.25, 0.3) is 0 Å². The van der Waals surface area contributed by atoms with E-state index < -0.39 is 5.60 Å². The van der Waals surface area contributed by atoms with Gasteiger partial charge in [0.05, 0.1) is 0 Å². The summed E-state index contributed by atoms with van der Waals surface area (Å²) in [6, 6.07) is 0. The monoisotopic (exact) mass is 393 g/mol. The Bertz CT molecular complexity index is 685. The molecule has 0 unspecified atom stereocenters. The number of rotatable bonds is 6. The third kappa shape index (κ3) is 4.04. The number of aromatic amines is 1. The summed E-state index contributed by atoms with van der Waals surface area (Å²) in [7, 11) is 0. The molecule has 0 spiro atoms. The third-order valence-electron chi connectivity index (χ3n) is 4.02. The minimum atomic E-state index is -0.554. The van der Waals surface area contributed by atoms with Gasteiger partial charge in [-0.1, -0.05) is 0 Å². The standard InChI is InChI=1S/C15H21Cl2N5O.ClH/c1-15(2,23-9-5-6-16)13-18-10-11(19-13)20-14(17)21-12(10)22-7-3-4-8-22;/h3-9H2,1-2H3,(H,18,19,20,21);1H. The van der Waals surface area contributed by atoms with Gasteiger partial charge in [-0.3, -0.25) is 0 Å². The molecule has 24 heavy (non-hydrogen) atoms. The molecule has 1 aliphatic rings. The van der Waals surface area contributed by atoms with E-state index in [4.69, 9.17) is 27.9 Å². The molecule has 0 atom stereocenters. The maximum Gasteiger partial charge on any atom is 0.226 e. The molecule has 1 saturated heterocycles. The predicted octanol–water partition coefficient (Wildman–Crippen LogP) is 3.91. The van der Waals surface area contributed by atoms with Crippen LogP contribution in [0, 0.1) is 0 Å². The molecule has 1 N–H and O–H groups in total. The molecule has 134 valence electrons. The summed E-state index contributed by atoms with van der Waals surface area (Å²) in [6.45, 7) is 6.49. The minimum Gasteiger partial charge on any atom is -0.368 e. The van der Waals surface area contributed by atoms with Crippen molar-refractivity contribution in [2.45, 2.75) is 38.7 Å². The van der Waals surface area contributed by atoms with Crippen LogP contribution in [0.15, 0.2) is 0 Å². The minimum absolute atomic E-state index is 0. The van der Waals surface area contributed by atoms with Gasteiger partial charge in [0, 0.05) is 25.6 Å². The Kier molecular flexibility index (Phi) is 6.53. The van der Waals surface area contributed by atoms with E-state index in [1.54, 1.807) is 0 Å². The SMILES string of the molecule is CC(C)(OCCCCl)c1nc2nc(Cl)nc(N3CCCC3)c2[nH]1.Cl. The molecule has 0 amide bonds. The van der Waals surface area contributed by atoms with Crippen LogP contribution in [0.25, 0.3) is 11.2 Å². The molecular weight excluding hydrogens is 373 g/mol. The second-order valence-corrected chi connectivity index (χ2v) is 6.91. The Morgan fingerprint density at radius 3 is 2.58 bits per heavy atom. The van der Waals surface area contributed by atoms with Gasteiger partial charge in [-0.2, -0.15) is 9.97 Å². The number of hydrogen-bond acceptors (Lipinski definition) is 5. The first-order chi connectivity index (χ1) is 11.0. The quantitative estimate of drug-likeness (QED) is 0.457. The van der Waals surface area contributed by atoms with E-state index in [1.807, 2.05) is 13.8 Å². The lowest BCUT2D eigenvalue weighted by atomic mass is 10.1. The van der Waals surface area contributed by atoms with Gasteiger partial charge in [0.2, 0.25) is 5.28 Å². The van der Waals surface area contributed by atoms with E-state index in [2.05, 4.69) is 24.8 Å². The molecule has 2 aromatic rings. The van der Waals surface area contributed by atoms with Gasteiger partial charge < -0.3 is 14.6 Å². The summed E-state index contributed by atoms with van der Waals surface area (Å²) in [4.78, 5) is 18.8. The Hall–Kier alpha value is -0.820. The van der Waals surface area contributed by atoms with Gasteiger partial charge in [-0.25, -0.2) is 4.98 Å². The van der Waals surface area contributed by atoms with Crippen molar-refractivity contribution in [1.29, 1.82) is 0 Å². The first-order valence-electron chi connectivity index (χ1n) is 7.90. The van der Waals surface area contributed by atoms with Crippen molar-refractivity contribution in [3.05, 3.63) is 11.1 Å². The molecule has 1 fully saturated rings. The normalized spacial score (nSPS) is 15.1. The second-order valence-electron chi connectivity index (χ2n) is 6.20. The van der Waals surface area contributed by atoms with E-state index in [-0.39, 0.29) is 17.7 Å². The van der Waals surface area contributed by atoms with Gasteiger partial charge in [0.1, 0.15) is 16.9 Å². The number of H-pyrrole nitrogens is 1. The van der Waals surface area contributed by atoms with E-state index >= 15 is 0 Å². The van der Waals surface area contributed by atoms with Crippen molar-refractivity contribution < 1.29 is 4.74 Å². The summed E-state index contributed by atoms with van der Waals surface area (Å²) in [5.74, 6) is 2.13. The summed E-state index contributed by atoms with van der Waals surface area (Å²) in [5, 5.41) is 0.221. The van der Waals surface area contributed by atoms with Crippen LogP contribution in [0.5, 0.6) is 0 Å². The zero-order valence-electron chi connectivity index (χ0n) is 13.8. The molecule has 0 saturated carbocycles. The van der Waals surface area contributed by atoms with Gasteiger partial charge >= 0.3 is 0 Å². The molecule has 6 nitrogen and oxygen atoms in total. The highest BCUT2D eigenvalue weighted by Crippen LogP contribution is 2.30. The fourth-order valence-corrected chi connectivity index (χ4v) is 3.02. The van der Waals surface area contributed by atoms with Crippen LogP contribution in [-0.4, -0.2) is 45.5 Å². The fourth-order valence-electron chi connectivity index (χ4n) is 2.75. The number of nitrogens with zero attached hydrogens (tertiary/aromatic N) is 4. The Morgan fingerprint density at radius 2 is 1.92 bits per heavy atom. The highest BCUT2D eigenvalue weighted by Gasteiger charge is 2.28. The highest BCUT2D eigenvalue weighted by molar-refractivity contribution is 6.28. The van der Waals surface area contributed by atoms with E-state index in [9.17, 15) is 0 Å². The molecule has 0 aromatic carbocycles. The topological polar surface area (TPSA) is 66.9 Å². The molecule has 2 aromatic heterocycles. The van der Waals surface area contributed by atoms with Crippen LogP contribution in [-0.2, 0) is 10.3 Å². The molecule has 0 radical (unpaired) electrons. The van der Waals surface area contributed by atoms with Crippen LogP contribution in [0.3, 0.4) is 0 Å². The summed E-state index contributed by atoms with van der Waals surface area (Å²) < 4.78 is 5.91. The van der Waals surface area contributed by atoms with E-state index in [1.165, 1.54) is 0 Å². The van der Waals surface area contributed by atoms with E-state index in [0.717, 1.165) is 49.5 Å². The lowest BCUT2D eigenvalue weighted by Gasteiger charge is -2.22. The zero-order valence-corrected chi connectivity index (χ0v) is 16.1. The fraction of sp³-hybridized carbons (Fsp3) is 0.667. The summed E-state index contributed by atoms with van der Waals surface area (Å²) in [6.07, 6.45) is 3.13. The average Bonchev–Trinajstić information content (AvgIpc) is 3.16. The number of nitrogens with one attached hydrogen (secondary N) is 1. The molecule has 9 heteroatoms. The molecule has 1 aliphatic heterocycles. The number of hydrogen-bond donors (Lipinski definition) is 1. The average molecular weight is 395 g/mol. The van der Waals surface area contributed by atoms with Crippen LogP contribution in [0.1, 0.15) is 38.9 Å². The highest BCUT2D eigenvalue weighted by atomic mass is 35.5. The first kappa shape index (κ1) is 19.5. The number of halogens is 3. The van der Waals surface area contributed by atoms with Crippen molar-refractivity contribution in [2.75, 3.05) is 30.5 Å². The molecular formula is C15H22Cl3N5O. The van der Waals surface area contributed by atoms with Gasteiger partial charge in [0.15, 0.2) is 11.5 Å². The summed E-state index contributed by atoms with van der Waals surface area (Å²) in [5.41, 5.74) is 0.845. The Labute approximate surface area is 157 Å². The van der Waals surface area contributed by atoms with Crippen LogP contribution < -0.4 is 4.90 Å². The number of aromatic nitrogens is 4. The molecule has 3 rings (SSSR count). The van der Waals surface area contributed by atoms with Crippen LogP contribution >= 0.6 is 35.6 Å². The van der Waals surface area contributed by atoms with Crippen LogP contribution in [0.2, 0.25) is 5.28 Å². The van der Waals surface area contributed by atoms with E-state index in [0.29, 0.717) is 18.1 Å². The third-order valence-corrected chi connectivity index (χ3v) is 4.46. The Morgan fingerprint density at radius 1 is 1.21 bits per heavy atom.